The second-order valence-corrected chi connectivity index (χ2v) is 7.31. The number of hydrogen-bond acceptors (Lipinski definition) is 6. The van der Waals surface area contributed by atoms with Crippen LogP contribution >= 0.6 is 11.8 Å². The zero-order valence-corrected chi connectivity index (χ0v) is 16.6. The molecular weight excluding hydrogens is 376 g/mol. The van der Waals surface area contributed by atoms with Crippen LogP contribution in [-0.2, 0) is 6.54 Å². The lowest BCUT2D eigenvalue weighted by Gasteiger charge is -2.14. The number of rotatable bonds is 8. The fourth-order valence-corrected chi connectivity index (χ4v) is 3.72. The fraction of sp³-hybridized carbons (Fsp3) is 0.286. The molecule has 0 saturated carbocycles. The highest BCUT2D eigenvalue weighted by Crippen LogP contribution is 2.19. The van der Waals surface area contributed by atoms with Crippen LogP contribution in [-0.4, -0.2) is 38.9 Å². The largest absolute Gasteiger partial charge is 0.491 e. The molecule has 0 aliphatic rings. The fourth-order valence-electron chi connectivity index (χ4n) is 2.75. The van der Waals surface area contributed by atoms with E-state index in [1.807, 2.05) is 25.1 Å². The number of Topliss-reactive ketones (excluding diaryl/α,β-unsaturated/α-hetero) is 1. The summed E-state index contributed by atoms with van der Waals surface area (Å²) < 4.78 is 7.20. The van der Waals surface area contributed by atoms with Crippen molar-refractivity contribution >= 4 is 28.4 Å². The van der Waals surface area contributed by atoms with Crippen molar-refractivity contribution in [1.82, 2.24) is 9.55 Å². The van der Waals surface area contributed by atoms with Crippen molar-refractivity contribution in [2.75, 3.05) is 12.4 Å². The zero-order valence-electron chi connectivity index (χ0n) is 15.8. The van der Waals surface area contributed by atoms with Crippen LogP contribution in [0.5, 0.6) is 5.75 Å². The molecule has 6 nitrogen and oxygen atoms in total. The van der Waals surface area contributed by atoms with Gasteiger partial charge in [0.05, 0.1) is 17.0 Å². The first kappa shape index (κ1) is 20.1. The Morgan fingerprint density at radius 2 is 2.04 bits per heavy atom. The molecule has 0 amide bonds. The number of carbonyl (C=O) groups excluding carboxylic acids is 1. The Morgan fingerprint density at radius 3 is 2.79 bits per heavy atom. The molecule has 0 bridgehead atoms. The second kappa shape index (κ2) is 9.03. The number of aliphatic hydroxyl groups is 1. The summed E-state index contributed by atoms with van der Waals surface area (Å²) in [5.74, 6) is 0.824. The van der Waals surface area contributed by atoms with Gasteiger partial charge in [-0.05, 0) is 38.1 Å². The third-order valence-corrected chi connectivity index (χ3v) is 5.35. The van der Waals surface area contributed by atoms with Gasteiger partial charge in [-0.1, -0.05) is 36.0 Å². The highest BCUT2D eigenvalue weighted by molar-refractivity contribution is 7.99. The van der Waals surface area contributed by atoms with Gasteiger partial charge in [0.2, 0.25) is 0 Å². The minimum atomic E-state index is -0.750. The number of ether oxygens (including phenoxy) is 1. The molecule has 1 atom stereocenters. The molecule has 2 aromatic carbocycles. The average Bonchev–Trinajstić information content (AvgIpc) is 2.71. The molecule has 0 radical (unpaired) electrons. The number of nitrogens with zero attached hydrogens (tertiary/aromatic N) is 2. The molecule has 146 valence electrons. The molecule has 3 rings (SSSR count). The molecule has 7 heteroatoms. The van der Waals surface area contributed by atoms with E-state index in [0.717, 1.165) is 0 Å². The number of aliphatic hydroxyl groups excluding tert-OH is 1. The van der Waals surface area contributed by atoms with Gasteiger partial charge in [0.25, 0.3) is 5.56 Å². The van der Waals surface area contributed by atoms with Crippen LogP contribution < -0.4 is 10.3 Å². The Kier molecular flexibility index (Phi) is 6.49. The van der Waals surface area contributed by atoms with E-state index in [0.29, 0.717) is 39.7 Å². The standard InChI is InChI=1S/C21H22N2O4S/c1-3-23-20(26)18-9-4-5-10-19(18)22-21(23)28-13-16(25)12-27-17-8-6-7-15(11-17)14(2)24/h4-11,16,25H,3,12-13H2,1-2H3/t16-/m0/s1. The van der Waals surface area contributed by atoms with E-state index in [2.05, 4.69) is 4.98 Å². The first-order valence-electron chi connectivity index (χ1n) is 9.04. The van der Waals surface area contributed by atoms with Crippen LogP contribution in [0.25, 0.3) is 10.9 Å². The van der Waals surface area contributed by atoms with Crippen LogP contribution in [0.15, 0.2) is 58.5 Å². The number of fused-ring (bicyclic) bond motifs is 1. The van der Waals surface area contributed by atoms with Gasteiger partial charge < -0.3 is 9.84 Å². The summed E-state index contributed by atoms with van der Waals surface area (Å²) in [6.45, 7) is 3.97. The lowest BCUT2D eigenvalue weighted by Crippen LogP contribution is -2.24. The van der Waals surface area contributed by atoms with E-state index in [1.54, 1.807) is 34.9 Å². The van der Waals surface area contributed by atoms with E-state index in [4.69, 9.17) is 4.74 Å². The van der Waals surface area contributed by atoms with Crippen molar-refractivity contribution in [2.24, 2.45) is 0 Å². The summed E-state index contributed by atoms with van der Waals surface area (Å²) in [6, 6.07) is 14.1. The highest BCUT2D eigenvalue weighted by atomic mass is 32.2. The summed E-state index contributed by atoms with van der Waals surface area (Å²) in [6.07, 6.45) is -0.750. The number of thioether (sulfide) groups is 1. The minimum absolute atomic E-state index is 0.0403. The third kappa shape index (κ3) is 4.61. The molecule has 1 heterocycles. The molecule has 0 aliphatic carbocycles. The zero-order chi connectivity index (χ0) is 20.1. The van der Waals surface area contributed by atoms with Gasteiger partial charge in [-0.15, -0.1) is 0 Å². The number of carbonyl (C=O) groups is 1. The molecule has 1 N–H and O–H groups in total. The SMILES string of the molecule is CCn1c(SC[C@@H](O)COc2cccc(C(C)=O)c2)nc2ccccc2c1=O. The van der Waals surface area contributed by atoms with Gasteiger partial charge in [0.15, 0.2) is 10.9 Å². The first-order chi connectivity index (χ1) is 13.5. The summed E-state index contributed by atoms with van der Waals surface area (Å²) >= 11 is 1.32. The molecule has 0 fully saturated rings. The maximum atomic E-state index is 12.6. The summed E-state index contributed by atoms with van der Waals surface area (Å²) in [5.41, 5.74) is 1.13. The molecule has 0 saturated heterocycles. The van der Waals surface area contributed by atoms with E-state index >= 15 is 0 Å². The number of ketones is 1. The average molecular weight is 398 g/mol. The molecule has 28 heavy (non-hydrogen) atoms. The molecule has 0 spiro atoms. The number of hydrogen-bond donors (Lipinski definition) is 1. The topological polar surface area (TPSA) is 81.4 Å². The number of aromatic nitrogens is 2. The Balaban J connectivity index is 1.66. The normalized spacial score (nSPS) is 12.1. The predicted molar refractivity (Wildman–Crippen MR) is 110 cm³/mol. The summed E-state index contributed by atoms with van der Waals surface area (Å²) in [7, 11) is 0. The van der Waals surface area contributed by atoms with Crippen molar-refractivity contribution in [3.63, 3.8) is 0 Å². The summed E-state index contributed by atoms with van der Waals surface area (Å²) in [5, 5.41) is 11.4. The van der Waals surface area contributed by atoms with Gasteiger partial charge in [-0.3, -0.25) is 14.2 Å². The van der Waals surface area contributed by atoms with E-state index in [-0.39, 0.29) is 17.9 Å². The Hall–Kier alpha value is -2.64. The second-order valence-electron chi connectivity index (χ2n) is 6.32. The van der Waals surface area contributed by atoms with E-state index in [1.165, 1.54) is 18.7 Å². The summed E-state index contributed by atoms with van der Waals surface area (Å²) in [4.78, 5) is 28.6. The number of para-hydroxylation sites is 1. The minimum Gasteiger partial charge on any atom is -0.491 e. The quantitative estimate of drug-likeness (QED) is 0.357. The molecular formula is C21H22N2O4S. The van der Waals surface area contributed by atoms with E-state index < -0.39 is 6.10 Å². The van der Waals surface area contributed by atoms with Crippen LogP contribution in [0.3, 0.4) is 0 Å². The van der Waals surface area contributed by atoms with Gasteiger partial charge in [0.1, 0.15) is 12.4 Å². The Labute approximate surface area is 167 Å². The van der Waals surface area contributed by atoms with Gasteiger partial charge in [-0.25, -0.2) is 4.98 Å². The predicted octanol–water partition coefficient (Wildman–Crippen LogP) is 3.15. The smallest absolute Gasteiger partial charge is 0.262 e. The van der Waals surface area contributed by atoms with Crippen molar-refractivity contribution in [3.05, 3.63) is 64.4 Å². The third-order valence-electron chi connectivity index (χ3n) is 4.23. The maximum absolute atomic E-state index is 12.6. The van der Waals surface area contributed by atoms with Crippen molar-refractivity contribution in [2.45, 2.75) is 31.7 Å². The lowest BCUT2D eigenvalue weighted by molar-refractivity contribution is 0.101. The van der Waals surface area contributed by atoms with Crippen LogP contribution in [0, 0.1) is 0 Å². The van der Waals surface area contributed by atoms with Gasteiger partial charge >= 0.3 is 0 Å². The highest BCUT2D eigenvalue weighted by Gasteiger charge is 2.13. The van der Waals surface area contributed by atoms with E-state index in [9.17, 15) is 14.7 Å². The maximum Gasteiger partial charge on any atom is 0.262 e. The van der Waals surface area contributed by atoms with Crippen LogP contribution in [0.4, 0.5) is 0 Å². The molecule has 0 unspecified atom stereocenters. The van der Waals surface area contributed by atoms with Gasteiger partial charge in [-0.2, -0.15) is 0 Å². The Bertz CT molecular complexity index is 1050. The molecule has 3 aromatic rings. The van der Waals surface area contributed by atoms with Crippen LogP contribution in [0.2, 0.25) is 0 Å². The van der Waals surface area contributed by atoms with Crippen molar-refractivity contribution < 1.29 is 14.6 Å². The number of benzene rings is 2. The monoisotopic (exact) mass is 398 g/mol. The first-order valence-corrected chi connectivity index (χ1v) is 10.0. The van der Waals surface area contributed by atoms with Crippen LogP contribution in [0.1, 0.15) is 24.2 Å². The lowest BCUT2D eigenvalue weighted by atomic mass is 10.1. The Morgan fingerprint density at radius 1 is 1.25 bits per heavy atom. The van der Waals surface area contributed by atoms with Crippen molar-refractivity contribution in [3.8, 4) is 5.75 Å². The van der Waals surface area contributed by atoms with Gasteiger partial charge in [0, 0.05) is 17.9 Å². The molecule has 1 aromatic heterocycles. The van der Waals surface area contributed by atoms with Crippen molar-refractivity contribution in [1.29, 1.82) is 0 Å². The molecule has 0 aliphatic heterocycles.